The van der Waals surface area contributed by atoms with E-state index in [1.165, 1.54) is 24.5 Å². The number of aliphatic carboxylic acids is 1. The molecule has 1 atom stereocenters. The molecule has 46 heavy (non-hydrogen) atoms. The molecular weight excluding hydrogens is 582 g/mol. The first-order valence-corrected chi connectivity index (χ1v) is 15.6. The lowest BCUT2D eigenvalue weighted by Gasteiger charge is -2.29. The van der Waals surface area contributed by atoms with Gasteiger partial charge in [-0.2, -0.15) is 0 Å². The Kier molecular flexibility index (Phi) is 8.64. The summed E-state index contributed by atoms with van der Waals surface area (Å²) in [5, 5.41) is 16.1. The van der Waals surface area contributed by atoms with E-state index in [4.69, 9.17) is 14.8 Å². The largest absolute Gasteiger partial charge is 0.495 e. The number of nitrogens with zero attached hydrogens (tertiary/aromatic N) is 3. The number of likely N-dealkylation sites (tertiary alicyclic amines) is 1. The number of aromatic nitrogens is 2. The van der Waals surface area contributed by atoms with Crippen LogP contribution < -0.4 is 15.4 Å². The summed E-state index contributed by atoms with van der Waals surface area (Å²) in [6, 6.07) is 16.6. The van der Waals surface area contributed by atoms with Gasteiger partial charge in [-0.1, -0.05) is 31.0 Å². The van der Waals surface area contributed by atoms with Gasteiger partial charge in [0.2, 0.25) is 0 Å². The Balaban J connectivity index is 1.29. The summed E-state index contributed by atoms with van der Waals surface area (Å²) in [7, 11) is 5.58. The predicted octanol–water partition coefficient (Wildman–Crippen LogP) is 5.45. The number of carbonyl (C=O) groups excluding carboxylic acids is 2. The molecule has 1 saturated heterocycles. The van der Waals surface area contributed by atoms with Crippen LogP contribution in [0.15, 0.2) is 66.9 Å². The second-order valence-corrected chi connectivity index (χ2v) is 12.4. The average Bonchev–Trinajstić information content (AvgIpc) is 3.79. The first-order valence-electron chi connectivity index (χ1n) is 15.6. The summed E-state index contributed by atoms with van der Waals surface area (Å²) < 4.78 is 7.48. The van der Waals surface area contributed by atoms with Gasteiger partial charge in [-0.3, -0.25) is 14.6 Å². The fourth-order valence-electron chi connectivity index (χ4n) is 6.92. The molecule has 3 heterocycles. The molecule has 2 aliphatic rings. The SMILES string of the molecule is COc1ccc(-c2c(C3CCCC3)c3ccc(C(=O)N[C@@]4(C(=O)Nc5ccc(/C=C/C(=O)O)cc5)CCN(C)C4)cc3n2C)nc1. The fraction of sp³-hybridized carbons (Fsp3) is 0.333. The predicted molar refractivity (Wildman–Crippen MR) is 178 cm³/mol. The highest BCUT2D eigenvalue weighted by atomic mass is 16.5. The minimum atomic E-state index is -1.12. The third-order valence-corrected chi connectivity index (χ3v) is 9.31. The van der Waals surface area contributed by atoms with E-state index in [2.05, 4.69) is 15.2 Å². The molecule has 2 fully saturated rings. The lowest BCUT2D eigenvalue weighted by Crippen LogP contribution is -2.58. The highest BCUT2D eigenvalue weighted by Crippen LogP contribution is 2.44. The van der Waals surface area contributed by atoms with Gasteiger partial charge in [-0.05, 0) is 85.8 Å². The molecule has 0 bridgehead atoms. The van der Waals surface area contributed by atoms with Gasteiger partial charge in [0.05, 0.1) is 24.7 Å². The van der Waals surface area contributed by atoms with Crippen LogP contribution in [0.25, 0.3) is 28.4 Å². The standard InChI is InChI=1S/C36H39N5O5/c1-40-19-18-36(22-40,35(45)38-26-12-8-23(9-13-26)10-17-31(42)43)39-34(44)25-11-15-28-30(20-25)41(2)33(32(28)24-6-4-5-7-24)29-16-14-27(46-3)21-37-29/h8-17,20-21,24H,4-7,18-19,22H2,1-3H3,(H,38,45)(H,39,44)(H,42,43)/b17-10+/t36-/m0/s1. The summed E-state index contributed by atoms with van der Waals surface area (Å²) in [5.41, 5.74) is 4.76. The van der Waals surface area contributed by atoms with E-state index in [0.717, 1.165) is 41.2 Å². The Morgan fingerprint density at radius 3 is 2.43 bits per heavy atom. The molecule has 10 heteroatoms. The van der Waals surface area contributed by atoms with E-state index in [0.29, 0.717) is 48.0 Å². The number of benzene rings is 2. The molecule has 238 valence electrons. The molecule has 1 aliphatic heterocycles. The minimum absolute atomic E-state index is 0.296. The zero-order valence-electron chi connectivity index (χ0n) is 26.4. The van der Waals surface area contributed by atoms with E-state index >= 15 is 0 Å². The molecule has 1 aliphatic carbocycles. The molecule has 6 rings (SSSR count). The van der Waals surface area contributed by atoms with Crippen molar-refractivity contribution in [2.24, 2.45) is 7.05 Å². The molecule has 0 radical (unpaired) electrons. The molecule has 0 spiro atoms. The van der Waals surface area contributed by atoms with E-state index in [1.807, 2.05) is 49.3 Å². The number of ether oxygens (including phenoxy) is 1. The van der Waals surface area contributed by atoms with Gasteiger partial charge in [-0.15, -0.1) is 0 Å². The van der Waals surface area contributed by atoms with Gasteiger partial charge >= 0.3 is 5.97 Å². The van der Waals surface area contributed by atoms with Crippen molar-refractivity contribution in [2.45, 2.75) is 43.6 Å². The van der Waals surface area contributed by atoms with Crippen LogP contribution in [0.3, 0.4) is 0 Å². The highest BCUT2D eigenvalue weighted by molar-refractivity contribution is 6.06. The number of aryl methyl sites for hydroxylation is 1. The van der Waals surface area contributed by atoms with Crippen LogP contribution in [0.5, 0.6) is 5.75 Å². The summed E-state index contributed by atoms with van der Waals surface area (Å²) >= 11 is 0. The van der Waals surface area contributed by atoms with Crippen molar-refractivity contribution in [3.8, 4) is 17.1 Å². The molecule has 0 unspecified atom stereocenters. The van der Waals surface area contributed by atoms with Crippen molar-refractivity contribution in [1.82, 2.24) is 19.8 Å². The third-order valence-electron chi connectivity index (χ3n) is 9.31. The number of pyridine rings is 1. The van der Waals surface area contributed by atoms with Gasteiger partial charge in [0.15, 0.2) is 0 Å². The molecule has 2 aromatic carbocycles. The first-order chi connectivity index (χ1) is 22.2. The number of rotatable bonds is 9. The van der Waals surface area contributed by atoms with Crippen LogP contribution in [0, 0.1) is 0 Å². The van der Waals surface area contributed by atoms with Gasteiger partial charge in [0, 0.05) is 48.4 Å². The highest BCUT2D eigenvalue weighted by Gasteiger charge is 2.45. The maximum Gasteiger partial charge on any atom is 0.328 e. The normalized spacial score (nSPS) is 18.8. The van der Waals surface area contributed by atoms with Crippen LogP contribution in [0.1, 0.15) is 59.5 Å². The van der Waals surface area contributed by atoms with Gasteiger partial charge in [0.1, 0.15) is 11.3 Å². The molecule has 2 amide bonds. The maximum atomic E-state index is 13.9. The number of hydrogen-bond acceptors (Lipinski definition) is 6. The fourth-order valence-corrected chi connectivity index (χ4v) is 6.92. The van der Waals surface area contributed by atoms with Crippen molar-refractivity contribution in [1.29, 1.82) is 0 Å². The Labute approximate surface area is 268 Å². The van der Waals surface area contributed by atoms with E-state index in [1.54, 1.807) is 37.6 Å². The Bertz CT molecular complexity index is 1810. The van der Waals surface area contributed by atoms with Crippen molar-refractivity contribution in [3.63, 3.8) is 0 Å². The first kappa shape index (κ1) is 31.0. The molecule has 10 nitrogen and oxygen atoms in total. The number of carbonyl (C=O) groups is 3. The number of nitrogens with one attached hydrogen (secondary N) is 2. The number of carboxylic acid groups (broad SMARTS) is 1. The molecule has 1 saturated carbocycles. The zero-order valence-corrected chi connectivity index (χ0v) is 26.4. The summed E-state index contributed by atoms with van der Waals surface area (Å²) in [6.45, 7) is 1.03. The summed E-state index contributed by atoms with van der Waals surface area (Å²) in [6.07, 6.45) is 9.38. The summed E-state index contributed by atoms with van der Waals surface area (Å²) in [4.78, 5) is 45.2. The smallest absolute Gasteiger partial charge is 0.328 e. The molecule has 3 N–H and O–H groups in total. The van der Waals surface area contributed by atoms with Crippen molar-refractivity contribution >= 4 is 40.4 Å². The number of amides is 2. The van der Waals surface area contributed by atoms with Crippen LogP contribution >= 0.6 is 0 Å². The minimum Gasteiger partial charge on any atom is -0.495 e. The number of carboxylic acids is 1. The Hall–Kier alpha value is -4.96. The number of anilines is 1. The average molecular weight is 622 g/mol. The van der Waals surface area contributed by atoms with E-state index in [-0.39, 0.29) is 11.8 Å². The van der Waals surface area contributed by atoms with Crippen LogP contribution in [-0.2, 0) is 16.6 Å². The molecular formula is C36H39N5O5. The van der Waals surface area contributed by atoms with E-state index in [9.17, 15) is 14.4 Å². The molecule has 4 aromatic rings. The monoisotopic (exact) mass is 621 g/mol. The zero-order chi connectivity index (χ0) is 32.4. The van der Waals surface area contributed by atoms with Crippen molar-refractivity contribution in [3.05, 3.63) is 83.6 Å². The number of methoxy groups -OCH3 is 1. The third kappa shape index (κ3) is 6.12. The quantitative estimate of drug-likeness (QED) is 0.212. The Morgan fingerprint density at radius 1 is 1.04 bits per heavy atom. The number of hydrogen-bond donors (Lipinski definition) is 3. The number of likely N-dealkylation sites (N-methyl/N-ethyl adjacent to an activating group) is 1. The van der Waals surface area contributed by atoms with Crippen LogP contribution in [0.2, 0.25) is 0 Å². The topological polar surface area (TPSA) is 126 Å². The Morgan fingerprint density at radius 2 is 1.80 bits per heavy atom. The second-order valence-electron chi connectivity index (χ2n) is 12.4. The van der Waals surface area contributed by atoms with Gasteiger partial charge in [0.25, 0.3) is 11.8 Å². The van der Waals surface area contributed by atoms with Crippen LogP contribution in [0.4, 0.5) is 5.69 Å². The number of fused-ring (bicyclic) bond motifs is 1. The van der Waals surface area contributed by atoms with E-state index < -0.39 is 11.5 Å². The second kappa shape index (κ2) is 12.8. The van der Waals surface area contributed by atoms with Crippen molar-refractivity contribution in [2.75, 3.05) is 32.6 Å². The summed E-state index contributed by atoms with van der Waals surface area (Å²) in [5.74, 6) is -0.518. The lowest BCUT2D eigenvalue weighted by atomic mass is 9.92. The lowest BCUT2D eigenvalue weighted by molar-refractivity contribution is -0.131. The molecule has 2 aromatic heterocycles. The van der Waals surface area contributed by atoms with Crippen LogP contribution in [-0.4, -0.2) is 70.1 Å². The van der Waals surface area contributed by atoms with Crippen molar-refractivity contribution < 1.29 is 24.2 Å². The van der Waals surface area contributed by atoms with Gasteiger partial charge < -0.3 is 29.9 Å². The van der Waals surface area contributed by atoms with Gasteiger partial charge in [-0.25, -0.2) is 4.79 Å². The maximum absolute atomic E-state index is 13.9.